The van der Waals surface area contributed by atoms with Gasteiger partial charge >= 0.3 is 0 Å². The molecule has 0 radical (unpaired) electrons. The number of carbonyl (C=O) groups is 1. The van der Waals surface area contributed by atoms with Crippen LogP contribution in [-0.4, -0.2) is 32.7 Å². The number of amides is 1. The SMILES string of the molecule is C[C@H](C(=O)NC1CCCCCC1)N(c1ccc(F)c(F)c1)S(C)(=O)=O. The van der Waals surface area contributed by atoms with Gasteiger partial charge in [0.2, 0.25) is 15.9 Å². The van der Waals surface area contributed by atoms with Crippen molar-refractivity contribution in [2.24, 2.45) is 0 Å². The molecule has 1 saturated carbocycles. The number of nitrogens with zero attached hydrogens (tertiary/aromatic N) is 1. The van der Waals surface area contributed by atoms with Crippen molar-refractivity contribution in [1.29, 1.82) is 0 Å². The van der Waals surface area contributed by atoms with E-state index >= 15 is 0 Å². The Kier molecular flexibility index (Phi) is 6.37. The van der Waals surface area contributed by atoms with Crippen LogP contribution in [-0.2, 0) is 14.8 Å². The van der Waals surface area contributed by atoms with Crippen molar-refractivity contribution in [2.45, 2.75) is 57.5 Å². The zero-order chi connectivity index (χ0) is 18.6. The number of nitrogens with one attached hydrogen (secondary N) is 1. The van der Waals surface area contributed by atoms with Gasteiger partial charge in [-0.1, -0.05) is 25.7 Å². The topological polar surface area (TPSA) is 66.5 Å². The lowest BCUT2D eigenvalue weighted by atomic mass is 10.1. The maximum absolute atomic E-state index is 13.5. The second-order valence-corrected chi connectivity index (χ2v) is 8.39. The smallest absolute Gasteiger partial charge is 0.243 e. The van der Waals surface area contributed by atoms with Crippen LogP contribution in [0.5, 0.6) is 0 Å². The van der Waals surface area contributed by atoms with Crippen molar-refractivity contribution in [3.8, 4) is 0 Å². The maximum atomic E-state index is 13.5. The number of rotatable bonds is 5. The molecule has 2 rings (SSSR count). The number of benzene rings is 1. The summed E-state index contributed by atoms with van der Waals surface area (Å²) in [5.41, 5.74) is -0.0788. The van der Waals surface area contributed by atoms with Gasteiger partial charge in [-0.25, -0.2) is 17.2 Å². The first-order chi connectivity index (χ1) is 11.7. The molecule has 0 aliphatic heterocycles. The van der Waals surface area contributed by atoms with Crippen molar-refractivity contribution < 1.29 is 22.0 Å². The average Bonchev–Trinajstić information content (AvgIpc) is 2.78. The Morgan fingerprint density at radius 1 is 1.16 bits per heavy atom. The Balaban J connectivity index is 2.21. The van der Waals surface area contributed by atoms with E-state index in [1.54, 1.807) is 0 Å². The molecular weight excluding hydrogens is 350 g/mol. The minimum Gasteiger partial charge on any atom is -0.352 e. The molecule has 1 aliphatic rings. The number of sulfonamides is 1. The summed E-state index contributed by atoms with van der Waals surface area (Å²) < 4.78 is 51.8. The standard InChI is InChI=1S/C17H24F2N2O3S/c1-12(17(22)20-13-7-5-3-4-6-8-13)21(25(2,23)24)14-9-10-15(18)16(19)11-14/h9-13H,3-8H2,1-2H3,(H,20,22)/t12-/m1/s1. The van der Waals surface area contributed by atoms with E-state index in [-0.39, 0.29) is 11.7 Å². The minimum absolute atomic E-state index is 0.0174. The molecular formula is C17H24F2N2O3S. The first-order valence-electron chi connectivity index (χ1n) is 8.45. The molecule has 0 bridgehead atoms. The molecule has 1 aliphatic carbocycles. The van der Waals surface area contributed by atoms with E-state index in [9.17, 15) is 22.0 Å². The average molecular weight is 374 g/mol. The van der Waals surface area contributed by atoms with E-state index in [1.165, 1.54) is 6.92 Å². The molecule has 1 amide bonds. The predicted molar refractivity (Wildman–Crippen MR) is 92.8 cm³/mol. The molecule has 5 nitrogen and oxygen atoms in total. The van der Waals surface area contributed by atoms with Crippen molar-refractivity contribution in [2.75, 3.05) is 10.6 Å². The van der Waals surface area contributed by atoms with Gasteiger partial charge < -0.3 is 5.32 Å². The second-order valence-electron chi connectivity index (χ2n) is 6.53. The Hall–Kier alpha value is -1.70. The molecule has 140 valence electrons. The van der Waals surface area contributed by atoms with Gasteiger partial charge in [0.05, 0.1) is 11.9 Å². The predicted octanol–water partition coefficient (Wildman–Crippen LogP) is 2.96. The Morgan fingerprint density at radius 2 is 1.76 bits per heavy atom. The summed E-state index contributed by atoms with van der Waals surface area (Å²) in [7, 11) is -3.86. The Bertz CT molecular complexity index is 717. The quantitative estimate of drug-likeness (QED) is 0.806. The van der Waals surface area contributed by atoms with E-state index in [4.69, 9.17) is 0 Å². The van der Waals surface area contributed by atoms with Crippen LogP contribution in [0.3, 0.4) is 0 Å². The first-order valence-corrected chi connectivity index (χ1v) is 10.3. The summed E-state index contributed by atoms with van der Waals surface area (Å²) in [6.45, 7) is 1.44. The molecule has 1 atom stereocenters. The van der Waals surface area contributed by atoms with Crippen molar-refractivity contribution in [3.63, 3.8) is 0 Å². The first kappa shape index (κ1) is 19.6. The van der Waals surface area contributed by atoms with Gasteiger partial charge in [-0.15, -0.1) is 0 Å². The van der Waals surface area contributed by atoms with Crippen molar-refractivity contribution in [1.82, 2.24) is 5.32 Å². The molecule has 1 aromatic carbocycles. The van der Waals surface area contributed by atoms with E-state index in [0.717, 1.165) is 67.3 Å². The number of carbonyl (C=O) groups excluding carboxylic acids is 1. The summed E-state index contributed by atoms with van der Waals surface area (Å²) in [5.74, 6) is -2.68. The molecule has 0 unspecified atom stereocenters. The van der Waals surface area contributed by atoms with Crippen LogP contribution in [0, 0.1) is 11.6 Å². The van der Waals surface area contributed by atoms with Crippen LogP contribution in [0.1, 0.15) is 45.4 Å². The van der Waals surface area contributed by atoms with Gasteiger partial charge in [0.25, 0.3) is 0 Å². The molecule has 25 heavy (non-hydrogen) atoms. The normalized spacial score (nSPS) is 17.6. The van der Waals surface area contributed by atoms with Gasteiger partial charge in [0.15, 0.2) is 11.6 Å². The van der Waals surface area contributed by atoms with Crippen LogP contribution >= 0.6 is 0 Å². The summed E-state index contributed by atoms with van der Waals surface area (Å²) in [5, 5.41) is 2.89. The summed E-state index contributed by atoms with van der Waals surface area (Å²) >= 11 is 0. The molecule has 8 heteroatoms. The zero-order valence-electron chi connectivity index (χ0n) is 14.5. The largest absolute Gasteiger partial charge is 0.352 e. The number of hydrogen-bond donors (Lipinski definition) is 1. The fourth-order valence-corrected chi connectivity index (χ4v) is 4.34. The molecule has 0 heterocycles. The fraction of sp³-hybridized carbons (Fsp3) is 0.588. The van der Waals surface area contributed by atoms with Gasteiger partial charge in [-0.2, -0.15) is 0 Å². The highest BCUT2D eigenvalue weighted by atomic mass is 32.2. The third-order valence-electron chi connectivity index (χ3n) is 4.45. The fourth-order valence-electron chi connectivity index (χ4n) is 3.18. The van der Waals surface area contributed by atoms with Crippen LogP contribution in [0.2, 0.25) is 0 Å². The summed E-state index contributed by atoms with van der Waals surface area (Å²) in [4.78, 5) is 12.6. The van der Waals surface area contributed by atoms with E-state index < -0.39 is 33.6 Å². The lowest BCUT2D eigenvalue weighted by Gasteiger charge is -2.29. The third kappa shape index (κ3) is 5.14. The lowest BCUT2D eigenvalue weighted by Crippen LogP contribution is -2.50. The van der Waals surface area contributed by atoms with E-state index in [1.807, 2.05) is 0 Å². The Labute approximate surface area is 147 Å². The zero-order valence-corrected chi connectivity index (χ0v) is 15.3. The second kappa shape index (κ2) is 8.12. The minimum atomic E-state index is -3.86. The van der Waals surface area contributed by atoms with Gasteiger partial charge in [-0.3, -0.25) is 9.10 Å². The molecule has 0 spiro atoms. The summed E-state index contributed by atoms with van der Waals surface area (Å²) in [6, 6.07) is 1.73. The highest BCUT2D eigenvalue weighted by molar-refractivity contribution is 7.92. The van der Waals surface area contributed by atoms with Crippen LogP contribution in [0.25, 0.3) is 0 Å². The van der Waals surface area contributed by atoms with Crippen molar-refractivity contribution in [3.05, 3.63) is 29.8 Å². The summed E-state index contributed by atoms with van der Waals surface area (Å²) in [6.07, 6.45) is 6.98. The van der Waals surface area contributed by atoms with E-state index in [2.05, 4.69) is 5.32 Å². The molecule has 1 fully saturated rings. The highest BCUT2D eigenvalue weighted by Crippen LogP contribution is 2.24. The Morgan fingerprint density at radius 3 is 2.28 bits per heavy atom. The number of halogens is 2. The van der Waals surface area contributed by atoms with Gasteiger partial charge in [-0.05, 0) is 31.9 Å². The monoisotopic (exact) mass is 374 g/mol. The molecule has 0 aromatic heterocycles. The third-order valence-corrected chi connectivity index (χ3v) is 5.69. The van der Waals surface area contributed by atoms with Crippen LogP contribution in [0.4, 0.5) is 14.5 Å². The van der Waals surface area contributed by atoms with Gasteiger partial charge in [0, 0.05) is 12.1 Å². The van der Waals surface area contributed by atoms with Crippen molar-refractivity contribution >= 4 is 21.6 Å². The molecule has 0 saturated heterocycles. The lowest BCUT2D eigenvalue weighted by molar-refractivity contribution is -0.122. The maximum Gasteiger partial charge on any atom is 0.243 e. The van der Waals surface area contributed by atoms with Gasteiger partial charge in [0.1, 0.15) is 6.04 Å². The highest BCUT2D eigenvalue weighted by Gasteiger charge is 2.30. The van der Waals surface area contributed by atoms with E-state index in [0.29, 0.717) is 0 Å². The number of hydrogen-bond acceptors (Lipinski definition) is 3. The molecule has 1 aromatic rings. The number of anilines is 1. The molecule has 1 N–H and O–H groups in total. The van der Waals surface area contributed by atoms with Crippen LogP contribution in [0.15, 0.2) is 18.2 Å². The van der Waals surface area contributed by atoms with Crippen LogP contribution < -0.4 is 9.62 Å².